The maximum absolute atomic E-state index is 13.2. The van der Waals surface area contributed by atoms with Gasteiger partial charge < -0.3 is 20.0 Å². The van der Waals surface area contributed by atoms with Crippen molar-refractivity contribution in [1.29, 1.82) is 0 Å². The average Bonchev–Trinajstić information content (AvgIpc) is 3.37. The summed E-state index contributed by atoms with van der Waals surface area (Å²) in [5, 5.41) is 11.0. The molecule has 0 spiro atoms. The number of nitrogens with one attached hydrogen (secondary N) is 2. The third-order valence-corrected chi connectivity index (χ3v) is 7.48. The van der Waals surface area contributed by atoms with Gasteiger partial charge in [0.25, 0.3) is 5.91 Å². The van der Waals surface area contributed by atoms with Crippen molar-refractivity contribution < 1.29 is 9.59 Å². The Morgan fingerprint density at radius 3 is 2.50 bits per heavy atom. The Labute approximate surface area is 216 Å². The lowest BCUT2D eigenvalue weighted by Crippen LogP contribution is -2.44. The molecule has 2 amide bonds. The Morgan fingerprint density at radius 2 is 1.81 bits per heavy atom. The summed E-state index contributed by atoms with van der Waals surface area (Å²) < 4.78 is 0. The Hall–Kier alpha value is -3.36. The smallest absolute Gasteiger partial charge is 0.256 e. The molecule has 0 saturated carbocycles. The normalized spacial score (nSPS) is 17.2. The van der Waals surface area contributed by atoms with Gasteiger partial charge in [0.2, 0.25) is 5.91 Å². The lowest BCUT2D eigenvalue weighted by atomic mass is 10.00. The Bertz CT molecular complexity index is 1280. The van der Waals surface area contributed by atoms with Crippen molar-refractivity contribution in [1.82, 2.24) is 20.0 Å². The number of carbonyl (C=O) groups excluding carboxylic acids is 2. The number of likely N-dealkylation sites (N-methyl/N-ethyl adjacent to an activating group) is 1. The summed E-state index contributed by atoms with van der Waals surface area (Å²) in [5.74, 6) is 0.226. The Balaban J connectivity index is 1.27. The predicted octanol–water partition coefficient (Wildman–Crippen LogP) is 3.89. The first-order valence-corrected chi connectivity index (χ1v) is 12.6. The number of piperazine rings is 1. The Kier molecular flexibility index (Phi) is 6.49. The van der Waals surface area contributed by atoms with Crippen molar-refractivity contribution in [2.45, 2.75) is 32.4 Å². The fourth-order valence-corrected chi connectivity index (χ4v) is 5.22. The van der Waals surface area contributed by atoms with Crippen LogP contribution in [0.4, 0.5) is 11.5 Å². The van der Waals surface area contributed by atoms with Crippen LogP contribution in [0, 0.1) is 0 Å². The van der Waals surface area contributed by atoms with Crippen LogP contribution in [0.2, 0.25) is 5.02 Å². The molecule has 2 aliphatic rings. The van der Waals surface area contributed by atoms with Crippen molar-refractivity contribution in [2.75, 3.05) is 43.4 Å². The molecule has 2 aromatic carbocycles. The minimum Gasteiger partial charge on any atom is -0.369 e. The summed E-state index contributed by atoms with van der Waals surface area (Å²) in [7, 11) is 2.13. The molecule has 3 aromatic rings. The third kappa shape index (κ3) is 4.70. The summed E-state index contributed by atoms with van der Waals surface area (Å²) >= 11 is 6.09. The molecule has 0 atom stereocenters. The van der Waals surface area contributed by atoms with E-state index in [1.165, 1.54) is 0 Å². The van der Waals surface area contributed by atoms with Crippen molar-refractivity contribution >= 4 is 34.9 Å². The zero-order valence-electron chi connectivity index (χ0n) is 20.8. The van der Waals surface area contributed by atoms with Crippen molar-refractivity contribution in [3.05, 3.63) is 75.9 Å². The van der Waals surface area contributed by atoms with E-state index < -0.39 is 5.54 Å². The van der Waals surface area contributed by atoms with Crippen LogP contribution in [0.15, 0.2) is 48.5 Å². The Morgan fingerprint density at radius 1 is 1.08 bits per heavy atom. The van der Waals surface area contributed by atoms with Gasteiger partial charge in [0.05, 0.1) is 24.2 Å². The van der Waals surface area contributed by atoms with Gasteiger partial charge in [0.15, 0.2) is 5.82 Å². The highest BCUT2D eigenvalue weighted by molar-refractivity contribution is 6.30. The van der Waals surface area contributed by atoms with Crippen LogP contribution in [0.3, 0.4) is 0 Å². The summed E-state index contributed by atoms with van der Waals surface area (Å²) in [6, 6.07) is 15.0. The van der Waals surface area contributed by atoms with E-state index in [0.717, 1.165) is 48.7 Å². The zero-order valence-corrected chi connectivity index (χ0v) is 21.6. The number of halogens is 1. The number of hydrogen-bond donors (Lipinski definition) is 2. The van der Waals surface area contributed by atoms with Gasteiger partial charge in [-0.05, 0) is 62.9 Å². The number of rotatable bonds is 5. The number of nitrogens with zero attached hydrogens (tertiary/aromatic N) is 4. The second-order valence-corrected chi connectivity index (χ2v) is 10.5. The molecular weight excluding hydrogens is 476 g/mol. The van der Waals surface area contributed by atoms with Crippen molar-refractivity contribution in [3.63, 3.8) is 0 Å². The molecule has 2 aliphatic heterocycles. The minimum atomic E-state index is -0.578. The van der Waals surface area contributed by atoms with E-state index in [1.54, 1.807) is 6.07 Å². The van der Waals surface area contributed by atoms with Gasteiger partial charge in [-0.2, -0.15) is 5.10 Å². The minimum absolute atomic E-state index is 0.0105. The second-order valence-electron chi connectivity index (χ2n) is 10.1. The highest BCUT2D eigenvalue weighted by Crippen LogP contribution is 2.41. The van der Waals surface area contributed by atoms with Gasteiger partial charge in [-0.25, -0.2) is 0 Å². The molecule has 1 fully saturated rings. The standard InChI is InChI=1S/C27H31ClN6O2/c1-27(2)24-22(17-34(27)23(35)16-18-5-4-6-20(28)15-18)25(31-30-24)29-26(36)19-7-9-21(10-8-19)33-13-11-32(3)12-14-33/h4-10,15H,11-14,16-17H2,1-3H3,(H2,29,30,31,36). The van der Waals surface area contributed by atoms with E-state index in [1.807, 2.05) is 61.2 Å². The molecule has 0 bridgehead atoms. The first kappa shape index (κ1) is 24.3. The zero-order chi connectivity index (χ0) is 25.4. The van der Waals surface area contributed by atoms with Crippen LogP contribution in [0.25, 0.3) is 0 Å². The maximum atomic E-state index is 13.2. The third-order valence-electron chi connectivity index (χ3n) is 7.25. The van der Waals surface area contributed by atoms with Gasteiger partial charge in [0.1, 0.15) is 0 Å². The molecule has 1 aromatic heterocycles. The first-order valence-electron chi connectivity index (χ1n) is 12.2. The SMILES string of the molecule is CN1CCN(c2ccc(C(=O)Nc3n[nH]c4c3CN(C(=O)Cc3cccc(Cl)c3)C4(C)C)cc2)CC1. The van der Waals surface area contributed by atoms with Gasteiger partial charge in [-0.15, -0.1) is 0 Å². The second kappa shape index (κ2) is 9.59. The average molecular weight is 507 g/mol. The summed E-state index contributed by atoms with van der Waals surface area (Å²) in [6.07, 6.45) is 0.253. The molecule has 5 rings (SSSR count). The van der Waals surface area contributed by atoms with E-state index in [4.69, 9.17) is 11.6 Å². The largest absolute Gasteiger partial charge is 0.369 e. The topological polar surface area (TPSA) is 84.6 Å². The fourth-order valence-electron chi connectivity index (χ4n) is 5.00. The number of amides is 2. The first-order chi connectivity index (χ1) is 17.2. The summed E-state index contributed by atoms with van der Waals surface area (Å²) in [4.78, 5) is 32.7. The van der Waals surface area contributed by atoms with Gasteiger partial charge in [-0.3, -0.25) is 14.7 Å². The van der Waals surface area contributed by atoms with Crippen LogP contribution < -0.4 is 10.2 Å². The highest BCUT2D eigenvalue weighted by Gasteiger charge is 2.43. The molecule has 3 heterocycles. The predicted molar refractivity (Wildman–Crippen MR) is 141 cm³/mol. The molecular formula is C27H31ClN6O2. The lowest BCUT2D eigenvalue weighted by molar-refractivity contribution is -0.135. The highest BCUT2D eigenvalue weighted by atomic mass is 35.5. The van der Waals surface area contributed by atoms with Crippen molar-refractivity contribution in [2.24, 2.45) is 0 Å². The van der Waals surface area contributed by atoms with E-state index in [-0.39, 0.29) is 18.2 Å². The van der Waals surface area contributed by atoms with Gasteiger partial charge >= 0.3 is 0 Å². The molecule has 0 aliphatic carbocycles. The molecule has 2 N–H and O–H groups in total. The number of carbonyl (C=O) groups is 2. The number of aromatic amines is 1. The monoisotopic (exact) mass is 506 g/mol. The van der Waals surface area contributed by atoms with Crippen LogP contribution in [0.5, 0.6) is 0 Å². The number of H-pyrrole nitrogens is 1. The quantitative estimate of drug-likeness (QED) is 0.548. The molecule has 9 heteroatoms. The van der Waals surface area contributed by atoms with Gasteiger partial charge in [0, 0.05) is 48.0 Å². The van der Waals surface area contributed by atoms with Crippen molar-refractivity contribution in [3.8, 4) is 0 Å². The lowest BCUT2D eigenvalue weighted by Gasteiger charge is -2.34. The number of anilines is 2. The number of hydrogen-bond acceptors (Lipinski definition) is 5. The van der Waals surface area contributed by atoms with E-state index in [0.29, 0.717) is 22.9 Å². The molecule has 8 nitrogen and oxygen atoms in total. The molecule has 36 heavy (non-hydrogen) atoms. The molecule has 0 radical (unpaired) electrons. The van der Waals surface area contributed by atoms with E-state index in [2.05, 4.69) is 32.4 Å². The molecule has 0 unspecified atom stereocenters. The fraction of sp³-hybridized carbons (Fsp3) is 0.370. The van der Waals surface area contributed by atoms with E-state index in [9.17, 15) is 9.59 Å². The summed E-state index contributed by atoms with van der Waals surface area (Å²) in [6.45, 7) is 8.35. The van der Waals surface area contributed by atoms with Crippen LogP contribution in [0.1, 0.15) is 41.0 Å². The van der Waals surface area contributed by atoms with Crippen LogP contribution in [-0.2, 0) is 23.3 Å². The number of benzene rings is 2. The summed E-state index contributed by atoms with van der Waals surface area (Å²) in [5.41, 5.74) is 3.65. The number of fused-ring (bicyclic) bond motifs is 1. The van der Waals surface area contributed by atoms with Gasteiger partial charge in [-0.1, -0.05) is 23.7 Å². The number of aromatic nitrogens is 2. The van der Waals surface area contributed by atoms with Crippen LogP contribution >= 0.6 is 11.6 Å². The molecule has 188 valence electrons. The maximum Gasteiger partial charge on any atom is 0.256 e. The molecule has 1 saturated heterocycles. The van der Waals surface area contributed by atoms with E-state index >= 15 is 0 Å². The van der Waals surface area contributed by atoms with Crippen LogP contribution in [-0.4, -0.2) is 65.0 Å².